The molecule has 0 spiro atoms. The summed E-state index contributed by atoms with van der Waals surface area (Å²) < 4.78 is 27.4. The van der Waals surface area contributed by atoms with Crippen LogP contribution in [0.25, 0.3) is 0 Å². The lowest BCUT2D eigenvalue weighted by atomic mass is 10.3. The van der Waals surface area contributed by atoms with Crippen LogP contribution < -0.4 is 10.5 Å². The first-order chi connectivity index (χ1) is 8.47. The van der Waals surface area contributed by atoms with Crippen molar-refractivity contribution in [3.8, 4) is 0 Å². The zero-order valence-electron chi connectivity index (χ0n) is 9.17. The summed E-state index contributed by atoms with van der Waals surface area (Å²) in [5.74, 6) is 0.161. The number of hydrogen-bond acceptors (Lipinski definition) is 4. The zero-order chi connectivity index (χ0) is 13.2. The maximum absolute atomic E-state index is 12.0. The number of benzene rings is 1. The predicted octanol–water partition coefficient (Wildman–Crippen LogP) is 2.23. The van der Waals surface area contributed by atoms with Crippen LogP contribution in [0.4, 0.5) is 11.5 Å². The van der Waals surface area contributed by atoms with Crippen LogP contribution >= 0.6 is 15.9 Å². The van der Waals surface area contributed by atoms with E-state index in [1.165, 1.54) is 18.3 Å². The monoisotopic (exact) mass is 327 g/mol. The van der Waals surface area contributed by atoms with Crippen molar-refractivity contribution in [2.45, 2.75) is 4.90 Å². The van der Waals surface area contributed by atoms with E-state index in [-0.39, 0.29) is 10.7 Å². The fraction of sp³-hybridized carbons (Fsp3) is 0. The minimum Gasteiger partial charge on any atom is -0.384 e. The molecule has 0 unspecified atom stereocenters. The first kappa shape index (κ1) is 12.8. The van der Waals surface area contributed by atoms with Gasteiger partial charge < -0.3 is 5.73 Å². The van der Waals surface area contributed by atoms with Crippen LogP contribution in [0.3, 0.4) is 0 Å². The number of hydrogen-bond donors (Lipinski definition) is 2. The SMILES string of the molecule is Nc1cc(S(=O)(=O)Nc2ccc(Br)cc2)ccn1. The average molecular weight is 328 g/mol. The molecule has 1 aromatic heterocycles. The van der Waals surface area contributed by atoms with Crippen molar-refractivity contribution >= 4 is 37.5 Å². The number of nitrogen functional groups attached to an aromatic ring is 1. The van der Waals surface area contributed by atoms with Crippen LogP contribution in [0.15, 0.2) is 52.0 Å². The minimum atomic E-state index is -3.63. The molecule has 0 fully saturated rings. The third-order valence-corrected chi connectivity index (χ3v) is 4.07. The zero-order valence-corrected chi connectivity index (χ0v) is 11.6. The van der Waals surface area contributed by atoms with E-state index in [1.807, 2.05) is 0 Å². The van der Waals surface area contributed by atoms with Crippen LogP contribution in [0, 0.1) is 0 Å². The maximum Gasteiger partial charge on any atom is 0.262 e. The summed E-state index contributed by atoms with van der Waals surface area (Å²) in [5.41, 5.74) is 5.94. The summed E-state index contributed by atoms with van der Waals surface area (Å²) in [4.78, 5) is 3.83. The largest absolute Gasteiger partial charge is 0.384 e. The van der Waals surface area contributed by atoms with Crippen LogP contribution in [0.5, 0.6) is 0 Å². The Morgan fingerprint density at radius 1 is 1.17 bits per heavy atom. The van der Waals surface area contributed by atoms with Gasteiger partial charge in [0.25, 0.3) is 10.0 Å². The molecule has 0 aliphatic rings. The summed E-state index contributed by atoms with van der Waals surface area (Å²) in [6.45, 7) is 0. The summed E-state index contributed by atoms with van der Waals surface area (Å²) in [6, 6.07) is 9.51. The molecule has 7 heteroatoms. The molecule has 1 aromatic carbocycles. The first-order valence-electron chi connectivity index (χ1n) is 4.97. The summed E-state index contributed by atoms with van der Waals surface area (Å²) in [5, 5.41) is 0. The lowest BCUT2D eigenvalue weighted by Gasteiger charge is -2.08. The highest BCUT2D eigenvalue weighted by Crippen LogP contribution is 2.19. The van der Waals surface area contributed by atoms with Gasteiger partial charge in [0, 0.05) is 22.4 Å². The average Bonchev–Trinajstić information content (AvgIpc) is 2.32. The standard InChI is InChI=1S/C11H10BrN3O2S/c12-8-1-3-9(4-2-8)15-18(16,17)10-5-6-14-11(13)7-10/h1-7,15H,(H2,13,14). The van der Waals surface area contributed by atoms with Crippen molar-refractivity contribution in [1.29, 1.82) is 0 Å². The van der Waals surface area contributed by atoms with Crippen molar-refractivity contribution in [2.24, 2.45) is 0 Å². The summed E-state index contributed by atoms with van der Waals surface area (Å²) >= 11 is 3.28. The molecule has 3 N–H and O–H groups in total. The Morgan fingerprint density at radius 3 is 2.44 bits per heavy atom. The topological polar surface area (TPSA) is 85.1 Å². The van der Waals surface area contributed by atoms with E-state index in [2.05, 4.69) is 25.6 Å². The Balaban J connectivity index is 2.30. The molecule has 0 bridgehead atoms. The Kier molecular flexibility index (Phi) is 3.53. The molecule has 2 rings (SSSR count). The Morgan fingerprint density at radius 2 is 1.83 bits per heavy atom. The quantitative estimate of drug-likeness (QED) is 0.905. The van der Waals surface area contributed by atoms with E-state index in [9.17, 15) is 8.42 Å². The number of rotatable bonds is 3. The molecule has 18 heavy (non-hydrogen) atoms. The van der Waals surface area contributed by atoms with Gasteiger partial charge in [0.15, 0.2) is 0 Å². The maximum atomic E-state index is 12.0. The van der Waals surface area contributed by atoms with E-state index in [0.717, 1.165) is 4.47 Å². The molecule has 1 heterocycles. The van der Waals surface area contributed by atoms with Gasteiger partial charge in [-0.2, -0.15) is 0 Å². The van der Waals surface area contributed by atoms with E-state index in [1.54, 1.807) is 24.3 Å². The second-order valence-electron chi connectivity index (χ2n) is 3.53. The number of nitrogens with one attached hydrogen (secondary N) is 1. The summed E-state index contributed by atoms with van der Waals surface area (Å²) in [6.07, 6.45) is 1.35. The van der Waals surface area contributed by atoms with Crippen molar-refractivity contribution < 1.29 is 8.42 Å². The molecular formula is C11H10BrN3O2S. The van der Waals surface area contributed by atoms with E-state index >= 15 is 0 Å². The second-order valence-corrected chi connectivity index (χ2v) is 6.13. The molecule has 94 valence electrons. The molecule has 0 saturated carbocycles. The van der Waals surface area contributed by atoms with Crippen molar-refractivity contribution in [3.63, 3.8) is 0 Å². The second kappa shape index (κ2) is 4.95. The fourth-order valence-electron chi connectivity index (χ4n) is 1.33. The third-order valence-electron chi connectivity index (χ3n) is 2.16. The van der Waals surface area contributed by atoms with Crippen LogP contribution in [-0.4, -0.2) is 13.4 Å². The normalized spacial score (nSPS) is 11.2. The number of nitrogens with two attached hydrogens (primary N) is 1. The summed E-state index contributed by atoms with van der Waals surface area (Å²) in [7, 11) is -3.63. The van der Waals surface area contributed by atoms with Crippen molar-refractivity contribution in [1.82, 2.24) is 4.98 Å². The van der Waals surface area contributed by atoms with Gasteiger partial charge in [-0.1, -0.05) is 15.9 Å². The van der Waals surface area contributed by atoms with Gasteiger partial charge >= 0.3 is 0 Å². The smallest absolute Gasteiger partial charge is 0.262 e. The van der Waals surface area contributed by atoms with Crippen LogP contribution in [0.2, 0.25) is 0 Å². The molecule has 0 radical (unpaired) electrons. The van der Waals surface area contributed by atoms with E-state index < -0.39 is 10.0 Å². The molecule has 0 aliphatic heterocycles. The molecule has 0 saturated heterocycles. The third kappa shape index (κ3) is 2.99. The minimum absolute atomic E-state index is 0.0814. The molecular weight excluding hydrogens is 318 g/mol. The molecule has 0 aliphatic carbocycles. The predicted molar refractivity (Wildman–Crippen MR) is 73.6 cm³/mol. The fourth-order valence-corrected chi connectivity index (χ4v) is 2.67. The van der Waals surface area contributed by atoms with Gasteiger partial charge in [0.2, 0.25) is 0 Å². The Hall–Kier alpha value is -1.60. The van der Waals surface area contributed by atoms with Gasteiger partial charge in [-0.15, -0.1) is 0 Å². The van der Waals surface area contributed by atoms with Gasteiger partial charge in [0.05, 0.1) is 4.90 Å². The highest BCUT2D eigenvalue weighted by Gasteiger charge is 2.14. The Bertz CT molecular complexity index is 656. The number of aromatic nitrogens is 1. The van der Waals surface area contributed by atoms with Crippen molar-refractivity contribution in [2.75, 3.05) is 10.5 Å². The number of nitrogens with zero attached hydrogens (tertiary/aromatic N) is 1. The first-order valence-corrected chi connectivity index (χ1v) is 7.25. The molecule has 0 amide bonds. The molecule has 0 atom stereocenters. The lowest BCUT2D eigenvalue weighted by Crippen LogP contribution is -2.13. The van der Waals surface area contributed by atoms with Crippen molar-refractivity contribution in [3.05, 3.63) is 47.1 Å². The van der Waals surface area contributed by atoms with Crippen LogP contribution in [-0.2, 0) is 10.0 Å². The highest BCUT2D eigenvalue weighted by atomic mass is 79.9. The lowest BCUT2D eigenvalue weighted by molar-refractivity contribution is 0.601. The van der Waals surface area contributed by atoms with Gasteiger partial charge in [-0.3, -0.25) is 4.72 Å². The van der Waals surface area contributed by atoms with Crippen LogP contribution in [0.1, 0.15) is 0 Å². The number of pyridine rings is 1. The number of anilines is 2. The highest BCUT2D eigenvalue weighted by molar-refractivity contribution is 9.10. The number of sulfonamides is 1. The molecule has 5 nitrogen and oxygen atoms in total. The number of halogens is 1. The Labute approximate surface area is 113 Å². The van der Waals surface area contributed by atoms with E-state index in [4.69, 9.17) is 5.73 Å². The van der Waals surface area contributed by atoms with Gasteiger partial charge in [-0.25, -0.2) is 13.4 Å². The molecule has 2 aromatic rings. The van der Waals surface area contributed by atoms with E-state index in [0.29, 0.717) is 5.69 Å². The van der Waals surface area contributed by atoms with Gasteiger partial charge in [-0.05, 0) is 30.3 Å². The van der Waals surface area contributed by atoms with Gasteiger partial charge in [0.1, 0.15) is 5.82 Å².